The fourth-order valence-electron chi connectivity index (χ4n) is 2.72. The van der Waals surface area contributed by atoms with Crippen LogP contribution < -0.4 is 4.74 Å². The monoisotopic (exact) mass is 327 g/mol. The van der Waals surface area contributed by atoms with Crippen molar-refractivity contribution in [2.24, 2.45) is 12.0 Å². The molecule has 4 heteroatoms. The summed E-state index contributed by atoms with van der Waals surface area (Å²) in [6.07, 6.45) is 10.1. The Balaban J connectivity index is 1.94. The van der Waals surface area contributed by atoms with E-state index in [-0.39, 0.29) is 0 Å². The molecule has 0 aliphatic rings. The van der Waals surface area contributed by atoms with E-state index in [4.69, 9.17) is 4.74 Å². The molecule has 0 aliphatic carbocycles. The maximum absolute atomic E-state index is 5.91. The number of ether oxygens (including phenoxy) is 1. The van der Waals surface area contributed by atoms with Gasteiger partial charge in [0.15, 0.2) is 5.82 Å². The predicted molar refractivity (Wildman–Crippen MR) is 101 cm³/mol. The first-order chi connectivity index (χ1) is 11.6. The highest BCUT2D eigenvalue weighted by atomic mass is 16.5. The largest absolute Gasteiger partial charge is 0.494 e. The maximum atomic E-state index is 5.91. The van der Waals surface area contributed by atoms with Crippen LogP contribution in [0.5, 0.6) is 5.75 Å². The Kier molecular flexibility index (Phi) is 7.04. The van der Waals surface area contributed by atoms with Crippen molar-refractivity contribution in [3.63, 3.8) is 0 Å². The van der Waals surface area contributed by atoms with Crippen LogP contribution in [0.1, 0.15) is 55.7 Å². The molecule has 0 fully saturated rings. The van der Waals surface area contributed by atoms with Crippen LogP contribution in [0.2, 0.25) is 0 Å². The zero-order valence-corrected chi connectivity index (χ0v) is 15.4. The van der Waals surface area contributed by atoms with Gasteiger partial charge in [0.1, 0.15) is 5.75 Å². The number of rotatable bonds is 9. The second-order valence-electron chi connectivity index (χ2n) is 6.34. The summed E-state index contributed by atoms with van der Waals surface area (Å²) in [5.74, 6) is 1.68. The average molecular weight is 327 g/mol. The van der Waals surface area contributed by atoms with Gasteiger partial charge in [-0.1, -0.05) is 32.6 Å². The molecule has 0 aliphatic heterocycles. The van der Waals surface area contributed by atoms with Gasteiger partial charge < -0.3 is 4.74 Å². The van der Waals surface area contributed by atoms with Crippen molar-refractivity contribution in [2.75, 3.05) is 6.61 Å². The highest BCUT2D eigenvalue weighted by Gasteiger charge is 2.05. The Hall–Kier alpha value is -2.10. The molecule has 2 rings (SSSR count). The summed E-state index contributed by atoms with van der Waals surface area (Å²) >= 11 is 0. The third-order valence-corrected chi connectivity index (χ3v) is 4.11. The summed E-state index contributed by atoms with van der Waals surface area (Å²) in [4.78, 5) is 4.45. The van der Waals surface area contributed by atoms with Crippen LogP contribution in [0.15, 0.2) is 29.4 Å². The number of unbranched alkanes of at least 4 members (excludes halogenated alkanes) is 4. The Morgan fingerprint density at radius 2 is 1.83 bits per heavy atom. The second-order valence-corrected chi connectivity index (χ2v) is 6.34. The lowest BCUT2D eigenvalue weighted by molar-refractivity contribution is 0.304. The van der Waals surface area contributed by atoms with Gasteiger partial charge in [0, 0.05) is 25.5 Å². The van der Waals surface area contributed by atoms with Gasteiger partial charge in [-0.25, -0.2) is 4.99 Å². The average Bonchev–Trinajstić information content (AvgIpc) is 2.95. The van der Waals surface area contributed by atoms with E-state index < -0.39 is 0 Å². The Labute approximate surface area is 145 Å². The minimum atomic E-state index is 0.726. The molecule has 0 radical (unpaired) electrons. The first-order valence-electron chi connectivity index (χ1n) is 8.88. The first kappa shape index (κ1) is 18.2. The molecule has 0 saturated carbocycles. The van der Waals surface area contributed by atoms with E-state index in [9.17, 15) is 0 Å². The summed E-state index contributed by atoms with van der Waals surface area (Å²) in [6, 6.07) is 6.09. The van der Waals surface area contributed by atoms with Gasteiger partial charge >= 0.3 is 0 Å². The van der Waals surface area contributed by atoms with E-state index >= 15 is 0 Å². The fraction of sp³-hybridized carbons (Fsp3) is 0.500. The molecule has 24 heavy (non-hydrogen) atoms. The summed E-state index contributed by atoms with van der Waals surface area (Å²) in [5, 5.41) is 4.27. The predicted octanol–water partition coefficient (Wildman–Crippen LogP) is 5.14. The number of nitrogens with zero attached hydrogens (tertiary/aromatic N) is 3. The van der Waals surface area contributed by atoms with Gasteiger partial charge in [-0.2, -0.15) is 5.10 Å². The van der Waals surface area contributed by atoms with Gasteiger partial charge in [-0.05, 0) is 49.1 Å². The van der Waals surface area contributed by atoms with Gasteiger partial charge in [0.05, 0.1) is 6.61 Å². The van der Waals surface area contributed by atoms with E-state index in [0.29, 0.717) is 0 Å². The van der Waals surface area contributed by atoms with Crippen molar-refractivity contribution in [1.29, 1.82) is 0 Å². The normalized spacial score (nSPS) is 11.3. The summed E-state index contributed by atoms with van der Waals surface area (Å²) in [7, 11) is 1.89. The minimum absolute atomic E-state index is 0.726. The molecule has 130 valence electrons. The lowest BCUT2D eigenvalue weighted by Crippen LogP contribution is -2.00. The fourth-order valence-corrected chi connectivity index (χ4v) is 2.72. The third-order valence-electron chi connectivity index (χ3n) is 4.11. The third kappa shape index (κ3) is 5.52. The zero-order valence-electron chi connectivity index (χ0n) is 15.4. The molecule has 0 unspecified atom stereocenters. The Morgan fingerprint density at radius 1 is 1.12 bits per heavy atom. The standard InChI is InChI=1S/C20H29N3O/c1-5-6-7-8-9-12-24-18-13-16(2)19(17(3)14-18)15-21-20-10-11-23(4)22-20/h10-11,13-15H,5-9,12H2,1-4H3. The number of aliphatic imine (C=N–C) groups is 1. The van der Waals surface area contributed by atoms with Gasteiger partial charge in [-0.3, -0.25) is 4.68 Å². The molecule has 1 aromatic carbocycles. The van der Waals surface area contributed by atoms with Crippen LogP contribution in [-0.2, 0) is 7.05 Å². The molecule has 1 heterocycles. The maximum Gasteiger partial charge on any atom is 0.173 e. The molecular weight excluding hydrogens is 298 g/mol. The van der Waals surface area contributed by atoms with Crippen LogP contribution in [-0.4, -0.2) is 22.6 Å². The summed E-state index contributed by atoms with van der Waals surface area (Å²) in [6.45, 7) is 7.23. The Morgan fingerprint density at radius 3 is 2.46 bits per heavy atom. The van der Waals surface area contributed by atoms with Crippen LogP contribution in [0.25, 0.3) is 0 Å². The molecule has 0 spiro atoms. The number of aromatic nitrogens is 2. The van der Waals surface area contributed by atoms with E-state index in [1.54, 1.807) is 4.68 Å². The lowest BCUT2D eigenvalue weighted by atomic mass is 10.0. The van der Waals surface area contributed by atoms with Crippen molar-refractivity contribution in [1.82, 2.24) is 9.78 Å². The molecule has 0 atom stereocenters. The summed E-state index contributed by atoms with van der Waals surface area (Å²) < 4.78 is 7.66. The van der Waals surface area contributed by atoms with Crippen molar-refractivity contribution < 1.29 is 4.74 Å². The van der Waals surface area contributed by atoms with E-state index in [1.165, 1.54) is 36.8 Å². The minimum Gasteiger partial charge on any atom is -0.494 e. The van der Waals surface area contributed by atoms with E-state index in [0.717, 1.165) is 30.2 Å². The number of hydrogen-bond donors (Lipinski definition) is 0. The van der Waals surface area contributed by atoms with Gasteiger partial charge in [0.2, 0.25) is 0 Å². The van der Waals surface area contributed by atoms with Crippen molar-refractivity contribution in [3.8, 4) is 5.75 Å². The van der Waals surface area contributed by atoms with Gasteiger partial charge in [-0.15, -0.1) is 0 Å². The number of benzene rings is 1. The topological polar surface area (TPSA) is 39.4 Å². The summed E-state index contributed by atoms with van der Waals surface area (Å²) in [5.41, 5.74) is 3.49. The Bertz CT molecular complexity index is 650. The quantitative estimate of drug-likeness (QED) is 0.473. The number of aryl methyl sites for hydroxylation is 3. The molecular formula is C20H29N3O. The van der Waals surface area contributed by atoms with Crippen molar-refractivity contribution in [3.05, 3.63) is 41.1 Å². The molecule has 0 bridgehead atoms. The van der Waals surface area contributed by atoms with E-state index in [2.05, 4.69) is 43.0 Å². The molecule has 1 aromatic heterocycles. The molecule has 0 amide bonds. The highest BCUT2D eigenvalue weighted by molar-refractivity contribution is 5.85. The highest BCUT2D eigenvalue weighted by Crippen LogP contribution is 2.22. The van der Waals surface area contributed by atoms with Crippen LogP contribution in [0.3, 0.4) is 0 Å². The molecule has 0 saturated heterocycles. The first-order valence-corrected chi connectivity index (χ1v) is 8.88. The molecule has 0 N–H and O–H groups in total. The van der Waals surface area contributed by atoms with Crippen molar-refractivity contribution in [2.45, 2.75) is 52.9 Å². The van der Waals surface area contributed by atoms with Crippen molar-refractivity contribution >= 4 is 12.0 Å². The van der Waals surface area contributed by atoms with Gasteiger partial charge in [0.25, 0.3) is 0 Å². The number of hydrogen-bond acceptors (Lipinski definition) is 3. The van der Waals surface area contributed by atoms with Crippen LogP contribution in [0.4, 0.5) is 5.82 Å². The second kappa shape index (κ2) is 9.26. The van der Waals surface area contributed by atoms with Crippen LogP contribution in [0, 0.1) is 13.8 Å². The van der Waals surface area contributed by atoms with E-state index in [1.807, 2.05) is 25.5 Å². The molecule has 2 aromatic rings. The molecule has 4 nitrogen and oxygen atoms in total. The smallest absolute Gasteiger partial charge is 0.173 e. The van der Waals surface area contributed by atoms with Crippen LogP contribution >= 0.6 is 0 Å². The lowest BCUT2D eigenvalue weighted by Gasteiger charge is -2.11. The SMILES string of the molecule is CCCCCCCOc1cc(C)c(C=Nc2ccn(C)n2)c(C)c1. The zero-order chi connectivity index (χ0) is 17.4.